The topological polar surface area (TPSA) is 84.0 Å². The summed E-state index contributed by atoms with van der Waals surface area (Å²) >= 11 is 11.9. The van der Waals surface area contributed by atoms with Crippen molar-refractivity contribution in [3.8, 4) is 5.75 Å². The lowest BCUT2D eigenvalue weighted by atomic mass is 10.1. The summed E-state index contributed by atoms with van der Waals surface area (Å²) in [6.07, 6.45) is 0. The fourth-order valence-electron chi connectivity index (χ4n) is 2.16. The molecule has 6 nitrogen and oxygen atoms in total. The molecule has 138 valence electrons. The summed E-state index contributed by atoms with van der Waals surface area (Å²) in [7, 11) is 0. The Balaban J connectivity index is 1.67. The number of nitrogens with one attached hydrogen (secondary N) is 2. The van der Waals surface area contributed by atoms with Gasteiger partial charge in [0.25, 0.3) is 11.8 Å². The molecule has 2 amide bonds. The van der Waals surface area contributed by atoms with Gasteiger partial charge in [0.15, 0.2) is 13.2 Å². The zero-order chi connectivity index (χ0) is 18.9. The van der Waals surface area contributed by atoms with Gasteiger partial charge in [-0.15, -0.1) is 0 Å². The van der Waals surface area contributed by atoms with Crippen LogP contribution in [-0.4, -0.2) is 25.0 Å². The number of hydrogen-bond acceptors (Lipinski definition) is 3. The van der Waals surface area contributed by atoms with Crippen molar-refractivity contribution in [3.63, 3.8) is 0 Å². The molecule has 0 aliphatic heterocycles. The van der Waals surface area contributed by atoms with Crippen molar-refractivity contribution < 1.29 is 19.6 Å². The van der Waals surface area contributed by atoms with Crippen LogP contribution in [0.1, 0.15) is 18.5 Å². The third-order valence-corrected chi connectivity index (χ3v) is 4.17. The van der Waals surface area contributed by atoms with E-state index in [9.17, 15) is 9.59 Å². The summed E-state index contributed by atoms with van der Waals surface area (Å²) in [5, 5.41) is 3.06. The van der Waals surface area contributed by atoms with Gasteiger partial charge in [0.05, 0.1) is 0 Å². The molecule has 0 aliphatic rings. The molecule has 26 heavy (non-hydrogen) atoms. The number of carbonyl (C=O) groups is 2. The van der Waals surface area contributed by atoms with Gasteiger partial charge in [-0.2, -0.15) is 0 Å². The van der Waals surface area contributed by atoms with Crippen LogP contribution in [0.25, 0.3) is 0 Å². The smallest absolute Gasteiger partial charge is 0.293 e. The molecule has 8 heteroatoms. The molecule has 0 saturated carbocycles. The molecular weight excluding hydrogens is 377 g/mol. The third kappa shape index (κ3) is 6.55. The van der Waals surface area contributed by atoms with E-state index in [2.05, 4.69) is 10.9 Å². The van der Waals surface area contributed by atoms with E-state index in [0.717, 1.165) is 5.56 Å². The highest BCUT2D eigenvalue weighted by atomic mass is 35.5. The number of benzene rings is 2. The predicted molar refractivity (Wildman–Crippen MR) is 99.9 cm³/mol. The Kier molecular flexibility index (Phi) is 7.72. The lowest BCUT2D eigenvalue weighted by molar-refractivity contribution is -0.682. The zero-order valence-corrected chi connectivity index (χ0v) is 15.7. The van der Waals surface area contributed by atoms with Crippen molar-refractivity contribution in [1.29, 1.82) is 0 Å². The number of rotatable bonds is 7. The first-order valence-corrected chi connectivity index (χ1v) is 8.75. The Morgan fingerprint density at radius 3 is 2.38 bits per heavy atom. The maximum atomic E-state index is 11.8. The highest BCUT2D eigenvalue weighted by Crippen LogP contribution is 2.19. The van der Waals surface area contributed by atoms with Gasteiger partial charge in [-0.1, -0.05) is 41.4 Å². The Morgan fingerprint density at radius 2 is 1.69 bits per heavy atom. The van der Waals surface area contributed by atoms with E-state index in [4.69, 9.17) is 27.9 Å². The first-order valence-electron chi connectivity index (χ1n) is 7.99. The van der Waals surface area contributed by atoms with E-state index in [1.165, 1.54) is 0 Å². The maximum absolute atomic E-state index is 11.8. The number of amides is 2. The van der Waals surface area contributed by atoms with E-state index in [1.807, 2.05) is 36.5 Å². The minimum absolute atomic E-state index is 0.0124. The molecule has 2 aromatic carbocycles. The summed E-state index contributed by atoms with van der Waals surface area (Å²) in [4.78, 5) is 23.5. The fourth-order valence-corrected chi connectivity index (χ4v) is 2.60. The highest BCUT2D eigenvalue weighted by Gasteiger charge is 2.14. The van der Waals surface area contributed by atoms with Gasteiger partial charge in [-0.25, -0.2) is 0 Å². The van der Waals surface area contributed by atoms with Crippen LogP contribution in [0.2, 0.25) is 10.0 Å². The van der Waals surface area contributed by atoms with E-state index in [0.29, 0.717) is 15.8 Å². The second-order valence-electron chi connectivity index (χ2n) is 5.59. The molecule has 4 N–H and O–H groups in total. The molecule has 0 fully saturated rings. The van der Waals surface area contributed by atoms with Crippen molar-refractivity contribution in [1.82, 2.24) is 10.9 Å². The van der Waals surface area contributed by atoms with Gasteiger partial charge < -0.3 is 10.1 Å². The molecule has 2 rings (SSSR count). The van der Waals surface area contributed by atoms with Crippen LogP contribution < -0.4 is 20.9 Å². The molecule has 0 saturated heterocycles. The van der Waals surface area contributed by atoms with Crippen molar-refractivity contribution in [2.75, 3.05) is 13.2 Å². The van der Waals surface area contributed by atoms with E-state index < -0.39 is 5.91 Å². The normalized spacial score (nSPS) is 11.5. The van der Waals surface area contributed by atoms with Crippen LogP contribution >= 0.6 is 23.2 Å². The molecule has 1 atom stereocenters. The Morgan fingerprint density at radius 1 is 1.04 bits per heavy atom. The number of ether oxygens (including phenoxy) is 1. The Hall–Kier alpha value is -2.28. The van der Waals surface area contributed by atoms with Crippen LogP contribution in [0.4, 0.5) is 0 Å². The SMILES string of the molecule is C[C@H]([NH2+]CC(=O)NNC(=O)COc1ccc(Cl)cc1)c1ccccc1Cl. The molecule has 0 unspecified atom stereocenters. The average Bonchev–Trinajstić information content (AvgIpc) is 2.64. The second-order valence-corrected chi connectivity index (χ2v) is 6.43. The van der Waals surface area contributed by atoms with Crippen molar-refractivity contribution in [3.05, 3.63) is 64.1 Å². The van der Waals surface area contributed by atoms with E-state index in [1.54, 1.807) is 24.3 Å². The van der Waals surface area contributed by atoms with Crippen LogP contribution in [-0.2, 0) is 9.59 Å². The van der Waals surface area contributed by atoms with Crippen LogP contribution in [0, 0.1) is 0 Å². The van der Waals surface area contributed by atoms with Crippen molar-refractivity contribution >= 4 is 35.0 Å². The lowest BCUT2D eigenvalue weighted by Gasteiger charge is -2.13. The molecule has 0 heterocycles. The maximum Gasteiger partial charge on any atom is 0.293 e. The van der Waals surface area contributed by atoms with Gasteiger partial charge >= 0.3 is 0 Å². The standard InChI is InChI=1S/C18H19Cl2N3O3/c1-12(15-4-2-3-5-16(15)20)21-10-17(24)22-23-18(25)11-26-14-8-6-13(19)7-9-14/h2-9,12,21H,10-11H2,1H3,(H,22,24)(H,23,25)/p+1/t12-/m0/s1. The molecule has 0 bridgehead atoms. The Bertz CT molecular complexity index is 754. The van der Waals surface area contributed by atoms with Crippen LogP contribution in [0.5, 0.6) is 5.75 Å². The minimum Gasteiger partial charge on any atom is -0.484 e. The summed E-state index contributed by atoms with van der Waals surface area (Å²) in [5.41, 5.74) is 5.60. The number of carbonyl (C=O) groups excluding carboxylic acids is 2. The summed E-state index contributed by atoms with van der Waals surface area (Å²) in [6.45, 7) is 1.87. The third-order valence-electron chi connectivity index (χ3n) is 3.58. The lowest BCUT2D eigenvalue weighted by Crippen LogP contribution is -2.87. The van der Waals surface area contributed by atoms with E-state index >= 15 is 0 Å². The largest absolute Gasteiger partial charge is 0.484 e. The first kappa shape index (κ1) is 20.0. The highest BCUT2D eigenvalue weighted by molar-refractivity contribution is 6.31. The summed E-state index contributed by atoms with van der Waals surface area (Å²) in [5.74, 6) is -0.283. The molecule has 2 aromatic rings. The van der Waals surface area contributed by atoms with Crippen LogP contribution in [0.15, 0.2) is 48.5 Å². The van der Waals surface area contributed by atoms with Gasteiger partial charge in [0.1, 0.15) is 11.8 Å². The number of hydrazine groups is 1. The number of halogens is 2. The first-order chi connectivity index (χ1) is 12.5. The molecule has 0 aliphatic carbocycles. The summed E-state index contributed by atoms with van der Waals surface area (Å²) in [6, 6.07) is 14.1. The van der Waals surface area contributed by atoms with Crippen LogP contribution in [0.3, 0.4) is 0 Å². The predicted octanol–water partition coefficient (Wildman–Crippen LogP) is 1.84. The molecule has 0 radical (unpaired) electrons. The molecule has 0 aromatic heterocycles. The summed E-state index contributed by atoms with van der Waals surface area (Å²) < 4.78 is 5.28. The van der Waals surface area contributed by atoms with Gasteiger partial charge in [0, 0.05) is 15.6 Å². The quantitative estimate of drug-likeness (QED) is 0.624. The van der Waals surface area contributed by atoms with Crippen molar-refractivity contribution in [2.24, 2.45) is 0 Å². The Labute approximate surface area is 161 Å². The van der Waals surface area contributed by atoms with Crippen molar-refractivity contribution in [2.45, 2.75) is 13.0 Å². The molecule has 0 spiro atoms. The van der Waals surface area contributed by atoms with Gasteiger partial charge in [-0.3, -0.25) is 20.4 Å². The number of hydrogen-bond donors (Lipinski definition) is 3. The minimum atomic E-state index is -0.465. The zero-order valence-electron chi connectivity index (χ0n) is 14.2. The molecular formula is C18H20Cl2N3O3+. The second kappa shape index (κ2) is 10.0. The van der Waals surface area contributed by atoms with E-state index in [-0.39, 0.29) is 25.1 Å². The monoisotopic (exact) mass is 396 g/mol. The number of quaternary nitrogens is 1. The van der Waals surface area contributed by atoms with Gasteiger partial charge in [0.2, 0.25) is 0 Å². The fraction of sp³-hybridized carbons (Fsp3) is 0.222. The van der Waals surface area contributed by atoms with Gasteiger partial charge in [-0.05, 0) is 37.3 Å². The average molecular weight is 397 g/mol. The number of nitrogens with two attached hydrogens (primary N) is 1.